The van der Waals surface area contributed by atoms with E-state index in [0.29, 0.717) is 23.3 Å². The number of pyridine rings is 1. The Balaban J connectivity index is 0.00000320. The third-order valence-corrected chi connectivity index (χ3v) is 4.71. The molecule has 0 radical (unpaired) electrons. The summed E-state index contributed by atoms with van der Waals surface area (Å²) in [4.78, 5) is 4.06. The third-order valence-electron chi connectivity index (χ3n) is 4.49. The van der Waals surface area contributed by atoms with E-state index in [-0.39, 0.29) is 12.4 Å². The van der Waals surface area contributed by atoms with Crippen molar-refractivity contribution in [2.24, 2.45) is 0 Å². The van der Waals surface area contributed by atoms with Crippen LogP contribution in [0.4, 0.5) is 0 Å². The van der Waals surface area contributed by atoms with Crippen molar-refractivity contribution < 1.29 is 14.2 Å². The molecule has 3 aromatic rings. The molecular weight excluding hydrogens is 423 g/mol. The largest absolute Gasteiger partial charge is 0.497 e. The van der Waals surface area contributed by atoms with Gasteiger partial charge in [-0.3, -0.25) is 0 Å². The molecule has 0 aliphatic carbocycles. The minimum Gasteiger partial charge on any atom is -0.497 e. The summed E-state index contributed by atoms with van der Waals surface area (Å²) in [5.41, 5.74) is 3.36. The summed E-state index contributed by atoms with van der Waals surface area (Å²) in [5, 5.41) is 3.93. The first-order valence-electron chi connectivity index (χ1n) is 9.41. The summed E-state index contributed by atoms with van der Waals surface area (Å²) >= 11 is 5.81. The zero-order chi connectivity index (χ0) is 20.5. The van der Waals surface area contributed by atoms with Crippen molar-refractivity contribution >= 4 is 24.0 Å². The molecule has 0 unspecified atom stereocenters. The summed E-state index contributed by atoms with van der Waals surface area (Å²) in [6, 6.07) is 17.8. The predicted molar refractivity (Wildman–Crippen MR) is 122 cm³/mol. The Bertz CT molecular complexity index is 903. The molecule has 0 atom stereocenters. The van der Waals surface area contributed by atoms with Gasteiger partial charge in [0.25, 0.3) is 0 Å². The number of hydrogen-bond acceptors (Lipinski definition) is 5. The second-order valence-electron chi connectivity index (χ2n) is 6.54. The highest BCUT2D eigenvalue weighted by atomic mass is 35.5. The third kappa shape index (κ3) is 7.10. The van der Waals surface area contributed by atoms with Gasteiger partial charge in [-0.15, -0.1) is 12.4 Å². The molecule has 0 saturated heterocycles. The molecule has 3 rings (SSSR count). The Morgan fingerprint density at radius 1 is 0.867 bits per heavy atom. The number of hydrogen-bond donors (Lipinski definition) is 1. The van der Waals surface area contributed by atoms with E-state index in [1.54, 1.807) is 26.5 Å². The molecule has 0 fully saturated rings. The molecule has 0 aliphatic heterocycles. The Labute approximate surface area is 188 Å². The maximum atomic E-state index is 5.87. The number of benzene rings is 2. The average Bonchev–Trinajstić information content (AvgIpc) is 2.77. The van der Waals surface area contributed by atoms with E-state index in [1.165, 1.54) is 5.56 Å². The fourth-order valence-electron chi connectivity index (χ4n) is 2.85. The first kappa shape index (κ1) is 23.8. The van der Waals surface area contributed by atoms with Gasteiger partial charge in [0, 0.05) is 18.3 Å². The molecule has 0 bridgehead atoms. The zero-order valence-corrected chi connectivity index (χ0v) is 18.6. The van der Waals surface area contributed by atoms with E-state index in [0.717, 1.165) is 36.4 Å². The molecule has 5 nitrogen and oxygen atoms in total. The number of ether oxygens (including phenoxy) is 3. The number of rotatable bonds is 10. The summed E-state index contributed by atoms with van der Waals surface area (Å²) in [6.45, 7) is 2.05. The highest BCUT2D eigenvalue weighted by molar-refractivity contribution is 6.29. The van der Waals surface area contributed by atoms with Gasteiger partial charge in [0.15, 0.2) is 11.5 Å². The van der Waals surface area contributed by atoms with E-state index < -0.39 is 0 Å². The molecule has 1 N–H and O–H groups in total. The first-order valence-corrected chi connectivity index (χ1v) is 9.79. The van der Waals surface area contributed by atoms with Crippen LogP contribution in [0.2, 0.25) is 5.15 Å². The summed E-state index contributed by atoms with van der Waals surface area (Å²) < 4.78 is 16.5. The normalized spacial score (nSPS) is 10.2. The van der Waals surface area contributed by atoms with Crippen molar-refractivity contribution in [3.63, 3.8) is 0 Å². The van der Waals surface area contributed by atoms with E-state index >= 15 is 0 Å². The van der Waals surface area contributed by atoms with Crippen molar-refractivity contribution in [3.8, 4) is 17.2 Å². The zero-order valence-electron chi connectivity index (χ0n) is 17.1. The standard InChI is InChI=1S/C23H25ClN2O3.ClH/c1-27-20-7-3-17(4-8-20)11-12-25-14-18-5-9-21(22(13-18)28-2)29-16-19-6-10-23(24)26-15-19;/h3-10,13,15,25H,11-12,14,16H2,1-2H3;1H. The molecule has 7 heteroatoms. The van der Waals surface area contributed by atoms with Gasteiger partial charge >= 0.3 is 0 Å². The van der Waals surface area contributed by atoms with Crippen molar-refractivity contribution in [1.29, 1.82) is 0 Å². The van der Waals surface area contributed by atoms with Crippen molar-refractivity contribution in [2.75, 3.05) is 20.8 Å². The van der Waals surface area contributed by atoms with E-state index in [1.807, 2.05) is 36.4 Å². The van der Waals surface area contributed by atoms with Crippen LogP contribution in [0.3, 0.4) is 0 Å². The van der Waals surface area contributed by atoms with Gasteiger partial charge in [-0.05, 0) is 54.4 Å². The van der Waals surface area contributed by atoms with Crippen LogP contribution in [0.15, 0.2) is 60.8 Å². The van der Waals surface area contributed by atoms with Gasteiger partial charge in [0.2, 0.25) is 0 Å². The topological polar surface area (TPSA) is 52.6 Å². The lowest BCUT2D eigenvalue weighted by atomic mass is 10.1. The predicted octanol–water partition coefficient (Wildman–Crippen LogP) is 5.09. The van der Waals surface area contributed by atoms with E-state index in [9.17, 15) is 0 Å². The first-order chi connectivity index (χ1) is 14.2. The Hall–Kier alpha value is -2.47. The van der Waals surface area contributed by atoms with Gasteiger partial charge in [-0.1, -0.05) is 35.9 Å². The molecule has 160 valence electrons. The molecule has 0 spiro atoms. The van der Waals surface area contributed by atoms with Crippen LogP contribution >= 0.6 is 24.0 Å². The van der Waals surface area contributed by atoms with E-state index in [2.05, 4.69) is 22.4 Å². The van der Waals surface area contributed by atoms with Gasteiger partial charge in [0.05, 0.1) is 14.2 Å². The highest BCUT2D eigenvalue weighted by Gasteiger charge is 2.07. The van der Waals surface area contributed by atoms with Gasteiger partial charge < -0.3 is 19.5 Å². The number of halogens is 2. The van der Waals surface area contributed by atoms with Crippen LogP contribution in [0, 0.1) is 0 Å². The fraction of sp³-hybridized carbons (Fsp3) is 0.261. The molecule has 1 heterocycles. The maximum absolute atomic E-state index is 5.87. The van der Waals surface area contributed by atoms with Gasteiger partial charge in [-0.2, -0.15) is 0 Å². The minimum absolute atomic E-state index is 0. The molecule has 0 amide bonds. The molecule has 0 aliphatic rings. The Morgan fingerprint density at radius 2 is 1.60 bits per heavy atom. The van der Waals surface area contributed by atoms with Crippen LogP contribution < -0.4 is 19.5 Å². The Kier molecular flexibility index (Phi) is 9.74. The average molecular weight is 449 g/mol. The molecule has 1 aromatic heterocycles. The summed E-state index contributed by atoms with van der Waals surface area (Å²) in [6.07, 6.45) is 2.66. The van der Waals surface area contributed by atoms with Crippen molar-refractivity contribution in [3.05, 3.63) is 82.6 Å². The van der Waals surface area contributed by atoms with Crippen LogP contribution in [0.1, 0.15) is 16.7 Å². The maximum Gasteiger partial charge on any atom is 0.161 e. The van der Waals surface area contributed by atoms with Crippen molar-refractivity contribution in [2.45, 2.75) is 19.6 Å². The SMILES string of the molecule is COc1ccc(CCNCc2ccc(OCc3ccc(Cl)nc3)c(OC)c2)cc1.Cl. The highest BCUT2D eigenvalue weighted by Crippen LogP contribution is 2.29. The molecule has 0 saturated carbocycles. The van der Waals surface area contributed by atoms with Crippen LogP contribution in [0.5, 0.6) is 17.2 Å². The van der Waals surface area contributed by atoms with Crippen LogP contribution in [-0.2, 0) is 19.6 Å². The Morgan fingerprint density at radius 3 is 2.27 bits per heavy atom. The lowest BCUT2D eigenvalue weighted by Crippen LogP contribution is -2.16. The lowest BCUT2D eigenvalue weighted by molar-refractivity contribution is 0.284. The smallest absolute Gasteiger partial charge is 0.161 e. The van der Waals surface area contributed by atoms with Crippen LogP contribution in [-0.4, -0.2) is 25.7 Å². The number of nitrogens with zero attached hydrogens (tertiary/aromatic N) is 1. The molecule has 2 aromatic carbocycles. The van der Waals surface area contributed by atoms with Gasteiger partial charge in [-0.25, -0.2) is 4.98 Å². The molecule has 30 heavy (non-hydrogen) atoms. The number of methoxy groups -OCH3 is 2. The second-order valence-corrected chi connectivity index (χ2v) is 6.93. The summed E-state index contributed by atoms with van der Waals surface area (Å²) in [7, 11) is 3.32. The monoisotopic (exact) mass is 448 g/mol. The van der Waals surface area contributed by atoms with Crippen LogP contribution in [0.25, 0.3) is 0 Å². The quantitative estimate of drug-likeness (QED) is 0.345. The fourth-order valence-corrected chi connectivity index (χ4v) is 2.96. The number of aromatic nitrogens is 1. The lowest BCUT2D eigenvalue weighted by Gasteiger charge is -2.13. The number of nitrogens with one attached hydrogen (secondary N) is 1. The van der Waals surface area contributed by atoms with Crippen molar-refractivity contribution in [1.82, 2.24) is 10.3 Å². The van der Waals surface area contributed by atoms with E-state index in [4.69, 9.17) is 25.8 Å². The molecular formula is C23H26Cl2N2O3. The summed E-state index contributed by atoms with van der Waals surface area (Å²) in [5.74, 6) is 2.29. The second kappa shape index (κ2) is 12.3. The minimum atomic E-state index is 0. The van der Waals surface area contributed by atoms with Gasteiger partial charge in [0.1, 0.15) is 17.5 Å².